The molecule has 6 nitrogen and oxygen atoms in total. The fraction of sp³-hybridized carbons (Fsp3) is 0.500. The number of rotatable bonds is 4. The van der Waals surface area contributed by atoms with Gasteiger partial charge in [0.1, 0.15) is 11.9 Å². The van der Waals surface area contributed by atoms with E-state index in [1.165, 1.54) is 11.8 Å². The van der Waals surface area contributed by atoms with Gasteiger partial charge in [-0.15, -0.1) is 0 Å². The highest BCUT2D eigenvalue weighted by atomic mass is 16.5. The van der Waals surface area contributed by atoms with E-state index in [0.29, 0.717) is 0 Å². The zero-order chi connectivity index (χ0) is 17.9. The van der Waals surface area contributed by atoms with Crippen LogP contribution >= 0.6 is 0 Å². The van der Waals surface area contributed by atoms with Crippen molar-refractivity contribution in [2.75, 3.05) is 26.7 Å². The summed E-state index contributed by atoms with van der Waals surface area (Å²) in [6.45, 7) is 2.61. The number of fused-ring (bicyclic) bond motifs is 1. The SMILES string of the molecule is COC1CN(CC2CCc3ccccc3O2)CCC1n1cccnc1=O. The average Bonchev–Trinajstić information content (AvgIpc) is 2.68. The normalized spacial score (nSPS) is 26.1. The van der Waals surface area contributed by atoms with Crippen molar-refractivity contribution in [3.05, 3.63) is 58.8 Å². The lowest BCUT2D eigenvalue weighted by atomic mass is 9.98. The number of aryl methyl sites for hydroxylation is 1. The Kier molecular flexibility index (Phi) is 5.04. The van der Waals surface area contributed by atoms with E-state index >= 15 is 0 Å². The predicted molar refractivity (Wildman–Crippen MR) is 98.6 cm³/mol. The molecule has 6 heteroatoms. The topological polar surface area (TPSA) is 56.6 Å². The van der Waals surface area contributed by atoms with Crippen molar-refractivity contribution in [1.29, 1.82) is 0 Å². The second-order valence-corrected chi connectivity index (χ2v) is 7.09. The first kappa shape index (κ1) is 17.2. The van der Waals surface area contributed by atoms with Gasteiger partial charge in [-0.05, 0) is 37.0 Å². The maximum atomic E-state index is 12.1. The third kappa shape index (κ3) is 3.52. The van der Waals surface area contributed by atoms with Crippen LogP contribution in [0.1, 0.15) is 24.4 Å². The predicted octanol–water partition coefficient (Wildman–Crippen LogP) is 1.90. The monoisotopic (exact) mass is 355 g/mol. The molecular weight excluding hydrogens is 330 g/mol. The average molecular weight is 355 g/mol. The molecule has 0 radical (unpaired) electrons. The number of aromatic nitrogens is 2. The minimum atomic E-state index is -0.208. The van der Waals surface area contributed by atoms with E-state index in [4.69, 9.17) is 9.47 Å². The summed E-state index contributed by atoms with van der Waals surface area (Å²) < 4.78 is 13.6. The quantitative estimate of drug-likeness (QED) is 0.838. The molecule has 3 unspecified atom stereocenters. The van der Waals surface area contributed by atoms with Crippen LogP contribution in [-0.2, 0) is 11.2 Å². The van der Waals surface area contributed by atoms with Crippen LogP contribution in [0.3, 0.4) is 0 Å². The van der Waals surface area contributed by atoms with Gasteiger partial charge >= 0.3 is 5.69 Å². The van der Waals surface area contributed by atoms with E-state index in [-0.39, 0.29) is 23.9 Å². The lowest BCUT2D eigenvalue weighted by Gasteiger charge is -2.40. The third-order valence-corrected chi connectivity index (χ3v) is 5.47. The highest BCUT2D eigenvalue weighted by Crippen LogP contribution is 2.29. The third-order valence-electron chi connectivity index (χ3n) is 5.47. The maximum absolute atomic E-state index is 12.1. The molecule has 0 aliphatic carbocycles. The Morgan fingerprint density at radius 3 is 3.00 bits per heavy atom. The highest BCUT2D eigenvalue weighted by molar-refractivity contribution is 5.35. The Morgan fingerprint density at radius 2 is 2.15 bits per heavy atom. The lowest BCUT2D eigenvalue weighted by molar-refractivity contribution is -0.0189. The van der Waals surface area contributed by atoms with Crippen LogP contribution in [0.5, 0.6) is 5.75 Å². The van der Waals surface area contributed by atoms with E-state index in [1.807, 2.05) is 12.3 Å². The lowest BCUT2D eigenvalue weighted by Crippen LogP contribution is -2.50. The summed E-state index contributed by atoms with van der Waals surface area (Å²) >= 11 is 0. The van der Waals surface area contributed by atoms with Crippen molar-refractivity contribution in [2.24, 2.45) is 0 Å². The minimum Gasteiger partial charge on any atom is -0.489 e. The van der Waals surface area contributed by atoms with Crippen LogP contribution in [-0.4, -0.2) is 53.4 Å². The van der Waals surface area contributed by atoms with Crippen molar-refractivity contribution >= 4 is 0 Å². The molecule has 4 rings (SSSR count). The largest absolute Gasteiger partial charge is 0.489 e. The molecule has 2 aliphatic heterocycles. The number of methoxy groups -OCH3 is 1. The zero-order valence-electron chi connectivity index (χ0n) is 15.1. The molecule has 26 heavy (non-hydrogen) atoms. The van der Waals surface area contributed by atoms with Crippen LogP contribution in [0.25, 0.3) is 0 Å². The molecule has 0 N–H and O–H groups in total. The van der Waals surface area contributed by atoms with Crippen LogP contribution in [0.15, 0.2) is 47.5 Å². The first-order valence-corrected chi connectivity index (χ1v) is 9.27. The Balaban J connectivity index is 1.40. The second-order valence-electron chi connectivity index (χ2n) is 7.09. The molecule has 138 valence electrons. The second kappa shape index (κ2) is 7.60. The summed E-state index contributed by atoms with van der Waals surface area (Å²) in [6, 6.07) is 10.1. The Hall–Kier alpha value is -2.18. The number of ether oxygens (including phenoxy) is 2. The number of benzene rings is 1. The summed E-state index contributed by atoms with van der Waals surface area (Å²) in [5, 5.41) is 0. The van der Waals surface area contributed by atoms with Crippen LogP contribution in [0.2, 0.25) is 0 Å². The van der Waals surface area contributed by atoms with E-state index in [1.54, 1.807) is 17.7 Å². The Bertz CT molecular complexity index is 807. The van der Waals surface area contributed by atoms with Gasteiger partial charge < -0.3 is 9.47 Å². The van der Waals surface area contributed by atoms with E-state index in [2.05, 4.69) is 28.1 Å². The van der Waals surface area contributed by atoms with Crippen molar-refractivity contribution in [1.82, 2.24) is 14.5 Å². The van der Waals surface area contributed by atoms with E-state index < -0.39 is 0 Å². The first-order valence-electron chi connectivity index (χ1n) is 9.27. The molecular formula is C20H25N3O3. The molecule has 3 heterocycles. The van der Waals surface area contributed by atoms with Gasteiger partial charge in [-0.2, -0.15) is 0 Å². The molecule has 2 aromatic rings. The van der Waals surface area contributed by atoms with Crippen molar-refractivity contribution in [3.8, 4) is 5.75 Å². The van der Waals surface area contributed by atoms with Gasteiger partial charge in [0, 0.05) is 39.1 Å². The Labute approximate surface area is 153 Å². The van der Waals surface area contributed by atoms with Gasteiger partial charge in [0.05, 0.1) is 12.1 Å². The van der Waals surface area contributed by atoms with Crippen molar-refractivity contribution in [3.63, 3.8) is 0 Å². The molecule has 0 bridgehead atoms. The number of likely N-dealkylation sites (tertiary alicyclic amines) is 1. The van der Waals surface area contributed by atoms with Crippen LogP contribution < -0.4 is 10.4 Å². The van der Waals surface area contributed by atoms with Gasteiger partial charge in [0.2, 0.25) is 0 Å². The molecule has 2 aliphatic rings. The molecule has 1 saturated heterocycles. The number of nitrogens with zero attached hydrogens (tertiary/aromatic N) is 3. The van der Waals surface area contributed by atoms with Crippen molar-refractivity contribution < 1.29 is 9.47 Å². The fourth-order valence-corrected chi connectivity index (χ4v) is 4.10. The van der Waals surface area contributed by atoms with Gasteiger partial charge in [0.15, 0.2) is 0 Å². The van der Waals surface area contributed by atoms with Crippen LogP contribution in [0.4, 0.5) is 0 Å². The summed E-state index contributed by atoms with van der Waals surface area (Å²) in [7, 11) is 1.72. The van der Waals surface area contributed by atoms with Crippen molar-refractivity contribution in [2.45, 2.75) is 37.5 Å². The molecule has 0 amide bonds. The summed E-state index contributed by atoms with van der Waals surface area (Å²) in [5.74, 6) is 1.02. The Morgan fingerprint density at radius 1 is 1.27 bits per heavy atom. The summed E-state index contributed by atoms with van der Waals surface area (Å²) in [4.78, 5) is 18.3. The molecule has 0 spiro atoms. The number of hydrogen-bond acceptors (Lipinski definition) is 5. The number of piperidine rings is 1. The van der Waals surface area contributed by atoms with Gasteiger partial charge in [-0.3, -0.25) is 9.47 Å². The minimum absolute atomic E-state index is 0.0264. The van der Waals surface area contributed by atoms with Gasteiger partial charge in [0.25, 0.3) is 0 Å². The molecule has 1 aromatic heterocycles. The van der Waals surface area contributed by atoms with Gasteiger partial charge in [-0.1, -0.05) is 18.2 Å². The van der Waals surface area contributed by atoms with E-state index in [9.17, 15) is 4.79 Å². The van der Waals surface area contributed by atoms with E-state index in [0.717, 1.165) is 44.6 Å². The zero-order valence-corrected chi connectivity index (χ0v) is 15.1. The number of para-hydroxylation sites is 1. The van der Waals surface area contributed by atoms with Gasteiger partial charge in [-0.25, -0.2) is 9.78 Å². The summed E-state index contributed by atoms with van der Waals surface area (Å²) in [5.41, 5.74) is 1.09. The molecule has 1 aromatic carbocycles. The molecule has 0 saturated carbocycles. The fourth-order valence-electron chi connectivity index (χ4n) is 4.10. The standard InChI is InChI=1S/C20H25N3O3/c1-25-19-14-22(12-9-17(19)23-11-4-10-21-20(23)24)13-16-8-7-15-5-2-3-6-18(15)26-16/h2-6,10-11,16-17,19H,7-9,12-14H2,1H3. The molecule has 1 fully saturated rings. The number of hydrogen-bond donors (Lipinski definition) is 0. The first-order chi connectivity index (χ1) is 12.7. The van der Waals surface area contributed by atoms with Crippen LogP contribution in [0, 0.1) is 0 Å². The summed E-state index contributed by atoms with van der Waals surface area (Å²) in [6.07, 6.45) is 6.50. The smallest absolute Gasteiger partial charge is 0.347 e. The maximum Gasteiger partial charge on any atom is 0.347 e. The molecule has 3 atom stereocenters. The highest BCUT2D eigenvalue weighted by Gasteiger charge is 2.33.